The second kappa shape index (κ2) is 32.7. The molecule has 0 saturated heterocycles. The van der Waals surface area contributed by atoms with Gasteiger partial charge in [-0.3, -0.25) is 9.59 Å². The topological polar surface area (TPSA) is 63.6 Å². The molecule has 0 aromatic carbocycles. The number of rotatable bonds is 31. The van der Waals surface area contributed by atoms with E-state index in [1.54, 1.807) is 0 Å². The maximum atomic E-state index is 12.5. The highest BCUT2D eigenvalue weighted by molar-refractivity contribution is 5.69. The van der Waals surface area contributed by atoms with Crippen molar-refractivity contribution in [2.24, 2.45) is 0 Å². The van der Waals surface area contributed by atoms with Gasteiger partial charge >= 0.3 is 11.9 Å². The normalized spacial score (nSPS) is 12.6. The van der Waals surface area contributed by atoms with Gasteiger partial charge in [-0.25, -0.2) is 0 Å². The minimum Gasteiger partial charge on any atom is -0.481 e. The Hall–Kier alpha value is -1.84. The second-order valence-corrected chi connectivity index (χ2v) is 11.7. The summed E-state index contributed by atoms with van der Waals surface area (Å²) in [7, 11) is 0. The minimum absolute atomic E-state index is 0.0774. The average Bonchev–Trinajstić information content (AvgIpc) is 2.95. The van der Waals surface area contributed by atoms with E-state index in [1.807, 2.05) is 0 Å². The van der Waals surface area contributed by atoms with E-state index >= 15 is 0 Å². The van der Waals surface area contributed by atoms with Gasteiger partial charge in [0.2, 0.25) is 0 Å². The molecule has 41 heavy (non-hydrogen) atoms. The van der Waals surface area contributed by atoms with Gasteiger partial charge < -0.3 is 9.84 Å². The summed E-state index contributed by atoms with van der Waals surface area (Å²) < 4.78 is 5.84. The van der Waals surface area contributed by atoms with E-state index in [2.05, 4.69) is 50.3 Å². The molecule has 0 aliphatic rings. The van der Waals surface area contributed by atoms with Crippen LogP contribution in [0.2, 0.25) is 0 Å². The summed E-state index contributed by atoms with van der Waals surface area (Å²) in [6.07, 6.45) is 41.6. The molecule has 4 heteroatoms. The first kappa shape index (κ1) is 39.2. The van der Waals surface area contributed by atoms with Crippen LogP contribution in [0.1, 0.15) is 181 Å². The number of carboxylic acid groups (broad SMARTS) is 1. The Labute approximate surface area is 254 Å². The smallest absolute Gasteiger partial charge is 0.306 e. The summed E-state index contributed by atoms with van der Waals surface area (Å²) >= 11 is 0. The molecule has 0 aliphatic heterocycles. The number of hydrogen-bond donors (Lipinski definition) is 1. The van der Waals surface area contributed by atoms with Gasteiger partial charge in [-0.15, -0.1) is 0 Å². The van der Waals surface area contributed by atoms with E-state index in [0.717, 1.165) is 64.2 Å². The Bertz CT molecular complexity index is 664. The maximum Gasteiger partial charge on any atom is 0.306 e. The van der Waals surface area contributed by atoms with Crippen molar-refractivity contribution in [1.82, 2.24) is 0 Å². The van der Waals surface area contributed by atoms with Crippen molar-refractivity contribution in [3.8, 4) is 0 Å². The van der Waals surface area contributed by atoms with Gasteiger partial charge in [-0.05, 0) is 76.7 Å². The average molecular weight is 575 g/mol. The predicted molar refractivity (Wildman–Crippen MR) is 176 cm³/mol. The Kier molecular flexibility index (Phi) is 31.2. The molecule has 0 amide bonds. The first-order valence-corrected chi connectivity index (χ1v) is 17.5. The molecule has 238 valence electrons. The summed E-state index contributed by atoms with van der Waals surface area (Å²) in [5, 5.41) is 8.80. The van der Waals surface area contributed by atoms with Crippen LogP contribution in [0.15, 0.2) is 36.5 Å². The summed E-state index contributed by atoms with van der Waals surface area (Å²) in [4.78, 5) is 23.2. The molecule has 4 nitrogen and oxygen atoms in total. The fourth-order valence-electron chi connectivity index (χ4n) is 4.95. The second-order valence-electron chi connectivity index (χ2n) is 11.7. The zero-order chi connectivity index (χ0) is 30.1. The number of hydrogen-bond acceptors (Lipinski definition) is 3. The van der Waals surface area contributed by atoms with Gasteiger partial charge in [0.1, 0.15) is 6.10 Å². The summed E-state index contributed by atoms with van der Waals surface area (Å²) in [6, 6.07) is 0. The van der Waals surface area contributed by atoms with Crippen molar-refractivity contribution in [1.29, 1.82) is 0 Å². The third-order valence-electron chi connectivity index (χ3n) is 7.57. The summed E-state index contributed by atoms with van der Waals surface area (Å²) in [5.74, 6) is -0.801. The Balaban J connectivity index is 4.04. The first-order chi connectivity index (χ1) is 20.1. The third-order valence-corrected chi connectivity index (χ3v) is 7.57. The molecular formula is C37H66O4. The number of ether oxygens (including phenoxy) is 1. The van der Waals surface area contributed by atoms with Crippen LogP contribution in [-0.2, 0) is 14.3 Å². The molecule has 0 aromatic rings. The number of carboxylic acids is 1. The highest BCUT2D eigenvalue weighted by atomic mass is 16.5. The lowest BCUT2D eigenvalue weighted by molar-refractivity contribution is -0.147. The molecule has 1 N–H and O–H groups in total. The molecule has 1 atom stereocenters. The van der Waals surface area contributed by atoms with Crippen molar-refractivity contribution >= 4 is 11.9 Å². The lowest BCUT2D eigenvalue weighted by Crippen LogP contribution is -2.16. The van der Waals surface area contributed by atoms with Gasteiger partial charge in [0.05, 0.1) is 0 Å². The van der Waals surface area contributed by atoms with Crippen LogP contribution in [-0.4, -0.2) is 23.1 Å². The molecule has 0 heterocycles. The van der Waals surface area contributed by atoms with Crippen LogP contribution < -0.4 is 0 Å². The molecule has 0 radical (unpaired) electrons. The lowest BCUT2D eigenvalue weighted by Gasteiger charge is -2.15. The molecule has 0 aromatic heterocycles. The van der Waals surface area contributed by atoms with Gasteiger partial charge in [0.15, 0.2) is 0 Å². The van der Waals surface area contributed by atoms with Gasteiger partial charge in [-0.1, -0.05) is 128 Å². The number of allylic oxidation sites excluding steroid dienone is 5. The van der Waals surface area contributed by atoms with E-state index in [9.17, 15) is 9.59 Å². The van der Waals surface area contributed by atoms with Gasteiger partial charge in [-0.2, -0.15) is 0 Å². The van der Waals surface area contributed by atoms with E-state index in [0.29, 0.717) is 6.42 Å². The SMILES string of the molecule is CCCCCC/C=C\C/C=C\CCCCCCCC(=O)OC(/C=C\CCCCCCCC)CCCCCCC(=O)O. The lowest BCUT2D eigenvalue weighted by atomic mass is 10.1. The molecular weight excluding hydrogens is 508 g/mol. The number of aliphatic carboxylic acids is 1. The van der Waals surface area contributed by atoms with Crippen LogP contribution in [0.25, 0.3) is 0 Å². The fraction of sp³-hybridized carbons (Fsp3) is 0.784. The van der Waals surface area contributed by atoms with Crippen LogP contribution in [0.5, 0.6) is 0 Å². The Morgan fingerprint density at radius 2 is 1.02 bits per heavy atom. The Morgan fingerprint density at radius 3 is 1.61 bits per heavy atom. The quantitative estimate of drug-likeness (QED) is 0.0508. The predicted octanol–water partition coefficient (Wildman–Crippen LogP) is 11.8. The number of esters is 1. The number of unbranched alkanes of at least 4 members (excludes halogenated alkanes) is 18. The van der Waals surface area contributed by atoms with Crippen LogP contribution in [0.4, 0.5) is 0 Å². The molecule has 1 unspecified atom stereocenters. The zero-order valence-corrected chi connectivity index (χ0v) is 27.1. The van der Waals surface area contributed by atoms with Crippen molar-refractivity contribution in [3.63, 3.8) is 0 Å². The third kappa shape index (κ3) is 32.5. The molecule has 0 saturated carbocycles. The van der Waals surface area contributed by atoms with Crippen LogP contribution in [0, 0.1) is 0 Å². The fourth-order valence-corrected chi connectivity index (χ4v) is 4.95. The van der Waals surface area contributed by atoms with Crippen molar-refractivity contribution in [3.05, 3.63) is 36.5 Å². The molecule has 0 rings (SSSR count). The van der Waals surface area contributed by atoms with Gasteiger partial charge in [0.25, 0.3) is 0 Å². The van der Waals surface area contributed by atoms with Crippen molar-refractivity contribution in [2.75, 3.05) is 0 Å². The standard InChI is InChI=1S/C37H66O4/c1-3-5-7-9-11-13-14-15-16-17-18-19-20-22-24-30-34-37(40)41-35(32-28-25-26-29-33-36(38)39)31-27-23-21-12-10-8-6-4-2/h13-14,16-17,27,31,35H,3-12,15,18-26,28-30,32-34H2,1-2H3,(H,38,39)/b14-13-,17-16-,31-27-. The molecule has 0 fully saturated rings. The Morgan fingerprint density at radius 1 is 0.561 bits per heavy atom. The van der Waals surface area contributed by atoms with E-state index in [-0.39, 0.29) is 18.5 Å². The molecule has 0 spiro atoms. The van der Waals surface area contributed by atoms with Crippen molar-refractivity contribution < 1.29 is 19.4 Å². The van der Waals surface area contributed by atoms with Crippen LogP contribution in [0.3, 0.4) is 0 Å². The van der Waals surface area contributed by atoms with E-state index in [4.69, 9.17) is 9.84 Å². The monoisotopic (exact) mass is 574 g/mol. The van der Waals surface area contributed by atoms with E-state index < -0.39 is 5.97 Å². The summed E-state index contributed by atoms with van der Waals surface area (Å²) in [6.45, 7) is 4.50. The zero-order valence-electron chi connectivity index (χ0n) is 27.1. The number of carbonyl (C=O) groups is 2. The van der Waals surface area contributed by atoms with Crippen LogP contribution >= 0.6 is 0 Å². The minimum atomic E-state index is -0.724. The molecule has 0 aliphatic carbocycles. The highest BCUT2D eigenvalue weighted by Gasteiger charge is 2.11. The highest BCUT2D eigenvalue weighted by Crippen LogP contribution is 2.15. The molecule has 0 bridgehead atoms. The van der Waals surface area contributed by atoms with Crippen molar-refractivity contribution in [2.45, 2.75) is 187 Å². The summed E-state index contributed by atoms with van der Waals surface area (Å²) in [5.41, 5.74) is 0. The first-order valence-electron chi connectivity index (χ1n) is 17.5. The largest absolute Gasteiger partial charge is 0.481 e. The maximum absolute atomic E-state index is 12.5. The van der Waals surface area contributed by atoms with Gasteiger partial charge in [0, 0.05) is 12.8 Å². The number of carbonyl (C=O) groups excluding carboxylic acids is 1. The van der Waals surface area contributed by atoms with E-state index in [1.165, 1.54) is 89.9 Å².